The Bertz CT molecular complexity index is 476. The number of nitrogens with one attached hydrogen (secondary N) is 1. The number of nitrogen functional groups attached to an aromatic ring is 1. The fraction of sp³-hybridized carbons (Fsp3) is 0.417. The third kappa shape index (κ3) is 4.13. The molecule has 0 fully saturated rings. The van der Waals surface area contributed by atoms with Crippen LogP contribution in [0, 0.1) is 0 Å². The van der Waals surface area contributed by atoms with Crippen molar-refractivity contribution in [3.05, 3.63) is 17.8 Å². The van der Waals surface area contributed by atoms with Gasteiger partial charge in [0.1, 0.15) is 5.82 Å². The van der Waals surface area contributed by atoms with Gasteiger partial charge in [-0.1, -0.05) is 6.92 Å². The smallest absolute Gasteiger partial charge is 0.337 e. The molecular weight excluding hydrogens is 248 g/mol. The van der Waals surface area contributed by atoms with Crippen LogP contribution in [0.25, 0.3) is 0 Å². The molecular formula is C12H18N4O3. The molecule has 104 valence electrons. The maximum atomic E-state index is 11.5. The zero-order valence-corrected chi connectivity index (χ0v) is 11.0. The van der Waals surface area contributed by atoms with Crippen LogP contribution in [0.1, 0.15) is 23.7 Å². The van der Waals surface area contributed by atoms with Gasteiger partial charge in [0.25, 0.3) is 0 Å². The zero-order chi connectivity index (χ0) is 14.4. The SMILES string of the molecule is CCCNC(=O)CN(C)c1cc(C(=O)O)c(N)cn1. The minimum Gasteiger partial charge on any atom is -0.478 e. The summed E-state index contributed by atoms with van der Waals surface area (Å²) in [6.07, 6.45) is 2.14. The fourth-order valence-electron chi connectivity index (χ4n) is 1.47. The lowest BCUT2D eigenvalue weighted by molar-refractivity contribution is -0.119. The maximum Gasteiger partial charge on any atom is 0.337 e. The molecule has 4 N–H and O–H groups in total. The van der Waals surface area contributed by atoms with E-state index in [2.05, 4.69) is 10.3 Å². The number of pyridine rings is 1. The summed E-state index contributed by atoms with van der Waals surface area (Å²) in [4.78, 5) is 28.1. The molecule has 1 aromatic heterocycles. The van der Waals surface area contributed by atoms with Gasteiger partial charge >= 0.3 is 5.97 Å². The lowest BCUT2D eigenvalue weighted by Crippen LogP contribution is -2.35. The summed E-state index contributed by atoms with van der Waals surface area (Å²) in [7, 11) is 1.66. The van der Waals surface area contributed by atoms with Gasteiger partial charge in [-0.25, -0.2) is 9.78 Å². The first-order valence-corrected chi connectivity index (χ1v) is 5.92. The van der Waals surface area contributed by atoms with Crippen LogP contribution in [0.2, 0.25) is 0 Å². The van der Waals surface area contributed by atoms with Crippen molar-refractivity contribution in [1.29, 1.82) is 0 Å². The number of carboxylic acid groups (broad SMARTS) is 1. The van der Waals surface area contributed by atoms with E-state index in [1.54, 1.807) is 11.9 Å². The highest BCUT2D eigenvalue weighted by Crippen LogP contribution is 2.17. The van der Waals surface area contributed by atoms with Crippen LogP contribution in [0.5, 0.6) is 0 Å². The van der Waals surface area contributed by atoms with Crippen LogP contribution in [0.4, 0.5) is 11.5 Å². The standard InChI is InChI=1S/C12H18N4O3/c1-3-4-14-11(17)7-16(2)10-5-8(12(18)19)9(13)6-15-10/h5-6H,3-4,7,13H2,1-2H3,(H,14,17)(H,18,19). The molecule has 0 spiro atoms. The van der Waals surface area contributed by atoms with Crippen LogP contribution in [0.15, 0.2) is 12.3 Å². The summed E-state index contributed by atoms with van der Waals surface area (Å²) >= 11 is 0. The summed E-state index contributed by atoms with van der Waals surface area (Å²) in [5.41, 5.74) is 5.59. The average Bonchev–Trinajstić information content (AvgIpc) is 2.36. The van der Waals surface area contributed by atoms with E-state index in [9.17, 15) is 9.59 Å². The predicted octanol–water partition coefficient (Wildman–Crippen LogP) is 0.324. The van der Waals surface area contributed by atoms with E-state index in [0.29, 0.717) is 12.4 Å². The third-order valence-corrected chi connectivity index (χ3v) is 2.49. The number of hydrogen-bond donors (Lipinski definition) is 3. The largest absolute Gasteiger partial charge is 0.478 e. The molecule has 1 heterocycles. The van der Waals surface area contributed by atoms with Gasteiger partial charge in [-0.3, -0.25) is 4.79 Å². The van der Waals surface area contributed by atoms with Crippen LogP contribution in [0.3, 0.4) is 0 Å². The monoisotopic (exact) mass is 266 g/mol. The van der Waals surface area contributed by atoms with Gasteiger partial charge in [-0.15, -0.1) is 0 Å². The second-order valence-electron chi connectivity index (χ2n) is 4.14. The van der Waals surface area contributed by atoms with E-state index >= 15 is 0 Å². The van der Waals surface area contributed by atoms with Gasteiger partial charge in [-0.05, 0) is 12.5 Å². The summed E-state index contributed by atoms with van der Waals surface area (Å²) in [5, 5.41) is 11.7. The number of hydrogen-bond acceptors (Lipinski definition) is 5. The van der Waals surface area contributed by atoms with Gasteiger partial charge in [0.05, 0.1) is 24.0 Å². The second kappa shape index (κ2) is 6.58. The number of carbonyl (C=O) groups is 2. The van der Waals surface area contributed by atoms with E-state index in [1.807, 2.05) is 6.92 Å². The van der Waals surface area contributed by atoms with E-state index in [0.717, 1.165) is 6.42 Å². The summed E-state index contributed by atoms with van der Waals surface area (Å²) in [6, 6.07) is 1.35. The Morgan fingerprint density at radius 2 is 2.21 bits per heavy atom. The molecule has 19 heavy (non-hydrogen) atoms. The van der Waals surface area contributed by atoms with Crippen LogP contribution >= 0.6 is 0 Å². The number of rotatable bonds is 6. The number of aromatic carboxylic acids is 1. The summed E-state index contributed by atoms with van der Waals surface area (Å²) in [6.45, 7) is 2.68. The first-order valence-electron chi connectivity index (χ1n) is 5.92. The van der Waals surface area contributed by atoms with Crippen molar-refractivity contribution in [3.8, 4) is 0 Å². The Labute approximate surface area is 111 Å². The molecule has 0 saturated heterocycles. The Morgan fingerprint density at radius 1 is 1.53 bits per heavy atom. The zero-order valence-electron chi connectivity index (χ0n) is 11.0. The Balaban J connectivity index is 2.77. The Kier molecular flexibility index (Phi) is 5.11. The van der Waals surface area contributed by atoms with E-state index in [-0.39, 0.29) is 23.7 Å². The molecule has 1 amide bonds. The quantitative estimate of drug-likeness (QED) is 0.684. The molecule has 0 aliphatic heterocycles. The molecule has 7 heteroatoms. The first kappa shape index (κ1) is 14.7. The summed E-state index contributed by atoms with van der Waals surface area (Å²) in [5.74, 6) is -0.872. The number of nitrogens with zero attached hydrogens (tertiary/aromatic N) is 2. The maximum absolute atomic E-state index is 11.5. The van der Waals surface area contributed by atoms with Crippen molar-refractivity contribution in [3.63, 3.8) is 0 Å². The number of nitrogens with two attached hydrogens (primary N) is 1. The second-order valence-corrected chi connectivity index (χ2v) is 4.14. The lowest BCUT2D eigenvalue weighted by Gasteiger charge is -2.18. The molecule has 0 aliphatic carbocycles. The first-order chi connectivity index (χ1) is 8.95. The molecule has 0 unspecified atom stereocenters. The van der Waals surface area contributed by atoms with E-state index in [4.69, 9.17) is 10.8 Å². The van der Waals surface area contributed by atoms with Gasteiger partial charge in [0, 0.05) is 13.6 Å². The highest BCUT2D eigenvalue weighted by Gasteiger charge is 2.13. The average molecular weight is 266 g/mol. The molecule has 1 aromatic rings. The highest BCUT2D eigenvalue weighted by atomic mass is 16.4. The predicted molar refractivity (Wildman–Crippen MR) is 72.2 cm³/mol. The van der Waals surface area contributed by atoms with Crippen molar-refractivity contribution in [1.82, 2.24) is 10.3 Å². The van der Waals surface area contributed by atoms with Gasteiger partial charge in [0.2, 0.25) is 5.91 Å². The summed E-state index contributed by atoms with van der Waals surface area (Å²) < 4.78 is 0. The number of amides is 1. The fourth-order valence-corrected chi connectivity index (χ4v) is 1.47. The lowest BCUT2D eigenvalue weighted by atomic mass is 10.2. The van der Waals surface area contributed by atoms with Crippen molar-refractivity contribution in [2.24, 2.45) is 0 Å². The van der Waals surface area contributed by atoms with Gasteiger partial charge < -0.3 is 21.1 Å². The molecule has 1 rings (SSSR count). The minimum absolute atomic E-state index is 0.0224. The number of carboxylic acids is 1. The molecule has 0 saturated carbocycles. The van der Waals surface area contributed by atoms with Crippen LogP contribution < -0.4 is 16.0 Å². The van der Waals surface area contributed by atoms with Crippen molar-refractivity contribution in [2.45, 2.75) is 13.3 Å². The molecule has 0 bridgehead atoms. The minimum atomic E-state index is -1.12. The number of anilines is 2. The Morgan fingerprint density at radius 3 is 2.79 bits per heavy atom. The number of aromatic nitrogens is 1. The molecule has 0 atom stereocenters. The normalized spacial score (nSPS) is 10.0. The molecule has 0 aromatic carbocycles. The third-order valence-electron chi connectivity index (χ3n) is 2.49. The van der Waals surface area contributed by atoms with Crippen molar-refractivity contribution >= 4 is 23.4 Å². The Hall–Kier alpha value is -2.31. The number of likely N-dealkylation sites (N-methyl/N-ethyl adjacent to an activating group) is 1. The van der Waals surface area contributed by atoms with Crippen molar-refractivity contribution < 1.29 is 14.7 Å². The van der Waals surface area contributed by atoms with E-state index in [1.165, 1.54) is 12.3 Å². The molecule has 0 radical (unpaired) electrons. The topological polar surface area (TPSA) is 109 Å². The molecule has 0 aliphatic rings. The molecule has 7 nitrogen and oxygen atoms in total. The van der Waals surface area contributed by atoms with Crippen LogP contribution in [-0.2, 0) is 4.79 Å². The van der Waals surface area contributed by atoms with Gasteiger partial charge in [0.15, 0.2) is 0 Å². The van der Waals surface area contributed by atoms with Crippen molar-refractivity contribution in [2.75, 3.05) is 30.8 Å². The highest BCUT2D eigenvalue weighted by molar-refractivity contribution is 5.94. The van der Waals surface area contributed by atoms with E-state index < -0.39 is 5.97 Å². The van der Waals surface area contributed by atoms with Crippen LogP contribution in [-0.4, -0.2) is 42.1 Å². The number of carbonyl (C=O) groups excluding carboxylic acids is 1. The van der Waals surface area contributed by atoms with Gasteiger partial charge in [-0.2, -0.15) is 0 Å².